The second-order valence-electron chi connectivity index (χ2n) is 10.9. The molecule has 0 heterocycles. The van der Waals surface area contributed by atoms with Gasteiger partial charge in [0.25, 0.3) is 0 Å². The molecular weight excluding hydrogens is 400 g/mol. The maximum absolute atomic E-state index is 2.31. The van der Waals surface area contributed by atoms with Crippen molar-refractivity contribution < 1.29 is 5.48 Å². The Balaban J connectivity index is 0. The zero-order chi connectivity index (χ0) is 23.2. The highest BCUT2D eigenvalue weighted by molar-refractivity contribution is 4.52. The Kier molecular flexibility index (Phi) is 36.3. The second-order valence-corrected chi connectivity index (χ2v) is 10.9. The fourth-order valence-electron chi connectivity index (χ4n) is 5.10. The normalized spacial score (nSPS) is 11.1. The standard InChI is InChI=1S/C32H66.H2O/c1-3-5-7-9-11-13-15-17-19-21-23-25-27-29-31-32-30-28-26-24-22-20-18-16-14-12-10-8-6-4-2;/h3-32H2,1-2H3;1H2. The lowest BCUT2D eigenvalue weighted by atomic mass is 10.0. The zero-order valence-corrected chi connectivity index (χ0v) is 23.7. The summed E-state index contributed by atoms with van der Waals surface area (Å²) in [6.45, 7) is 4.61. The summed E-state index contributed by atoms with van der Waals surface area (Å²) in [5, 5.41) is 0. The van der Waals surface area contributed by atoms with Crippen LogP contribution in [-0.2, 0) is 0 Å². The van der Waals surface area contributed by atoms with Gasteiger partial charge in [0, 0.05) is 0 Å². The van der Waals surface area contributed by atoms with Crippen molar-refractivity contribution in [3.05, 3.63) is 0 Å². The van der Waals surface area contributed by atoms with E-state index in [-0.39, 0.29) is 5.48 Å². The first-order valence-electron chi connectivity index (χ1n) is 15.9. The van der Waals surface area contributed by atoms with Gasteiger partial charge in [-0.2, -0.15) is 0 Å². The molecule has 0 radical (unpaired) electrons. The molecular formula is C32H68O. The predicted molar refractivity (Wildman–Crippen MR) is 153 cm³/mol. The fraction of sp³-hybridized carbons (Fsp3) is 1.00. The molecule has 0 rings (SSSR count). The predicted octanol–water partition coefficient (Wildman–Crippen LogP) is 11.9. The van der Waals surface area contributed by atoms with Crippen LogP contribution in [0.5, 0.6) is 0 Å². The summed E-state index contributed by atoms with van der Waals surface area (Å²) in [7, 11) is 0. The first-order valence-corrected chi connectivity index (χ1v) is 15.9. The van der Waals surface area contributed by atoms with Gasteiger partial charge in [0.05, 0.1) is 0 Å². The first-order chi connectivity index (χ1) is 15.9. The topological polar surface area (TPSA) is 31.5 Å². The summed E-state index contributed by atoms with van der Waals surface area (Å²) in [5.74, 6) is 0. The van der Waals surface area contributed by atoms with E-state index in [0.717, 1.165) is 0 Å². The van der Waals surface area contributed by atoms with E-state index in [9.17, 15) is 0 Å². The van der Waals surface area contributed by atoms with Gasteiger partial charge >= 0.3 is 0 Å². The maximum atomic E-state index is 2.31. The van der Waals surface area contributed by atoms with Crippen LogP contribution in [0.2, 0.25) is 0 Å². The van der Waals surface area contributed by atoms with Crippen molar-refractivity contribution in [1.29, 1.82) is 0 Å². The van der Waals surface area contributed by atoms with E-state index in [0.29, 0.717) is 0 Å². The van der Waals surface area contributed by atoms with Crippen LogP contribution in [0, 0.1) is 0 Å². The fourth-order valence-corrected chi connectivity index (χ4v) is 5.10. The van der Waals surface area contributed by atoms with Gasteiger partial charge in [-0.3, -0.25) is 0 Å². The Morgan fingerprint density at radius 1 is 0.182 bits per heavy atom. The van der Waals surface area contributed by atoms with Crippen molar-refractivity contribution in [2.24, 2.45) is 0 Å². The molecule has 0 aliphatic heterocycles. The quantitative estimate of drug-likeness (QED) is 0.0977. The van der Waals surface area contributed by atoms with E-state index in [1.807, 2.05) is 0 Å². The average molecular weight is 469 g/mol. The van der Waals surface area contributed by atoms with Gasteiger partial charge in [-0.05, 0) is 0 Å². The van der Waals surface area contributed by atoms with Gasteiger partial charge in [0.2, 0.25) is 0 Å². The Bertz CT molecular complexity index is 271. The third-order valence-corrected chi connectivity index (χ3v) is 7.46. The van der Waals surface area contributed by atoms with Crippen LogP contribution in [0.25, 0.3) is 0 Å². The third kappa shape index (κ3) is 34.2. The molecule has 0 fully saturated rings. The molecule has 0 aliphatic carbocycles. The molecule has 1 heteroatoms. The molecule has 0 aromatic heterocycles. The minimum absolute atomic E-state index is 0. The molecule has 0 saturated carbocycles. The molecule has 33 heavy (non-hydrogen) atoms. The van der Waals surface area contributed by atoms with Crippen LogP contribution in [-0.4, -0.2) is 5.48 Å². The largest absolute Gasteiger partial charge is 0.412 e. The summed E-state index contributed by atoms with van der Waals surface area (Å²) >= 11 is 0. The Labute approximate surface area is 212 Å². The van der Waals surface area contributed by atoms with E-state index in [4.69, 9.17) is 0 Å². The Morgan fingerprint density at radius 3 is 0.364 bits per heavy atom. The molecule has 0 aromatic rings. The monoisotopic (exact) mass is 469 g/mol. The molecule has 0 atom stereocenters. The van der Waals surface area contributed by atoms with Crippen LogP contribution in [0.1, 0.15) is 206 Å². The number of unbranched alkanes of at least 4 members (excludes halogenated alkanes) is 29. The van der Waals surface area contributed by atoms with Crippen LogP contribution in [0.4, 0.5) is 0 Å². The highest BCUT2D eigenvalue weighted by atomic mass is 16.0. The summed E-state index contributed by atoms with van der Waals surface area (Å²) in [6.07, 6.45) is 44.4. The molecule has 0 amide bonds. The smallest absolute Gasteiger partial charge is 0.0533 e. The lowest BCUT2D eigenvalue weighted by Gasteiger charge is -2.04. The van der Waals surface area contributed by atoms with Crippen molar-refractivity contribution in [3.63, 3.8) is 0 Å². The van der Waals surface area contributed by atoms with Gasteiger partial charge in [0.1, 0.15) is 0 Å². The molecule has 0 spiro atoms. The van der Waals surface area contributed by atoms with Crippen LogP contribution >= 0.6 is 0 Å². The molecule has 0 bridgehead atoms. The number of hydrogen-bond donors (Lipinski definition) is 0. The Morgan fingerprint density at radius 2 is 0.273 bits per heavy atom. The molecule has 1 nitrogen and oxygen atoms in total. The molecule has 0 aliphatic rings. The van der Waals surface area contributed by atoms with Crippen molar-refractivity contribution >= 4 is 0 Å². The molecule has 2 N–H and O–H groups in total. The lowest BCUT2D eigenvalue weighted by molar-refractivity contribution is 0.513. The highest BCUT2D eigenvalue weighted by Crippen LogP contribution is 2.16. The summed E-state index contributed by atoms with van der Waals surface area (Å²) in [5.41, 5.74) is 0. The summed E-state index contributed by atoms with van der Waals surface area (Å²) in [4.78, 5) is 0. The first kappa shape index (κ1) is 35.1. The number of hydrogen-bond acceptors (Lipinski definition) is 0. The van der Waals surface area contributed by atoms with Crippen LogP contribution < -0.4 is 0 Å². The van der Waals surface area contributed by atoms with Gasteiger partial charge in [0.15, 0.2) is 0 Å². The zero-order valence-electron chi connectivity index (χ0n) is 23.7. The van der Waals surface area contributed by atoms with Crippen molar-refractivity contribution in [2.45, 2.75) is 206 Å². The van der Waals surface area contributed by atoms with E-state index < -0.39 is 0 Å². The second kappa shape index (κ2) is 34.1. The molecule has 0 unspecified atom stereocenters. The van der Waals surface area contributed by atoms with Crippen molar-refractivity contribution in [1.82, 2.24) is 0 Å². The van der Waals surface area contributed by atoms with Gasteiger partial charge in [-0.1, -0.05) is 206 Å². The van der Waals surface area contributed by atoms with Crippen LogP contribution in [0.15, 0.2) is 0 Å². The molecule has 202 valence electrons. The SMILES string of the molecule is CCCCCCCCCCCCCCCCCCCCCCCCCCCCCCCC.O. The van der Waals surface area contributed by atoms with Gasteiger partial charge in [-0.15, -0.1) is 0 Å². The summed E-state index contributed by atoms with van der Waals surface area (Å²) < 4.78 is 0. The third-order valence-electron chi connectivity index (χ3n) is 7.46. The van der Waals surface area contributed by atoms with E-state index in [1.165, 1.54) is 193 Å². The van der Waals surface area contributed by atoms with Crippen molar-refractivity contribution in [3.8, 4) is 0 Å². The summed E-state index contributed by atoms with van der Waals surface area (Å²) in [6, 6.07) is 0. The van der Waals surface area contributed by atoms with E-state index >= 15 is 0 Å². The highest BCUT2D eigenvalue weighted by Gasteiger charge is 1.96. The van der Waals surface area contributed by atoms with Crippen molar-refractivity contribution in [2.75, 3.05) is 0 Å². The Hall–Kier alpha value is -0.0400. The average Bonchev–Trinajstić information content (AvgIpc) is 2.81. The van der Waals surface area contributed by atoms with E-state index in [2.05, 4.69) is 13.8 Å². The molecule has 0 saturated heterocycles. The van der Waals surface area contributed by atoms with Gasteiger partial charge < -0.3 is 5.48 Å². The van der Waals surface area contributed by atoms with E-state index in [1.54, 1.807) is 0 Å². The minimum atomic E-state index is 0. The lowest BCUT2D eigenvalue weighted by Crippen LogP contribution is -1.85. The number of rotatable bonds is 29. The van der Waals surface area contributed by atoms with Crippen LogP contribution in [0.3, 0.4) is 0 Å². The minimum Gasteiger partial charge on any atom is -0.412 e. The maximum Gasteiger partial charge on any atom is -0.0533 e. The van der Waals surface area contributed by atoms with Gasteiger partial charge in [-0.25, -0.2) is 0 Å². The molecule has 0 aromatic carbocycles.